The van der Waals surface area contributed by atoms with Crippen LogP contribution < -0.4 is 0 Å². The van der Waals surface area contributed by atoms with Crippen LogP contribution in [0.4, 0.5) is 0 Å². The van der Waals surface area contributed by atoms with Crippen LogP contribution in [0, 0.1) is 17.8 Å². The molecule has 0 aromatic carbocycles. The fraction of sp³-hybridized carbons (Fsp3) is 0.833. The first-order valence-corrected chi connectivity index (χ1v) is 5.33. The lowest BCUT2D eigenvalue weighted by Gasteiger charge is -2.35. The van der Waals surface area contributed by atoms with E-state index in [-0.39, 0.29) is 6.10 Å². The maximum atomic E-state index is 9.96. The summed E-state index contributed by atoms with van der Waals surface area (Å²) in [7, 11) is 0. The fourth-order valence-electron chi connectivity index (χ4n) is 2.49. The second-order valence-electron chi connectivity index (χ2n) is 4.95. The van der Waals surface area contributed by atoms with Crippen molar-refractivity contribution in [2.75, 3.05) is 0 Å². The Bertz CT molecular complexity index is 191. The standard InChI is InChI=1S/C12H22O/c1-8(2)5-11-7-9(3)6-10(4)12(11)13/h5,9-13H,6-7H2,1-4H3. The molecule has 0 amide bonds. The van der Waals surface area contributed by atoms with Gasteiger partial charge in [0.1, 0.15) is 0 Å². The number of aliphatic hydroxyl groups excluding tert-OH is 1. The molecule has 1 N–H and O–H groups in total. The number of rotatable bonds is 1. The van der Waals surface area contributed by atoms with Crippen molar-refractivity contribution in [3.05, 3.63) is 11.6 Å². The van der Waals surface area contributed by atoms with E-state index in [4.69, 9.17) is 0 Å². The van der Waals surface area contributed by atoms with Crippen LogP contribution >= 0.6 is 0 Å². The van der Waals surface area contributed by atoms with Crippen LogP contribution in [0.1, 0.15) is 40.5 Å². The molecular formula is C12H22O. The van der Waals surface area contributed by atoms with Crippen LogP contribution in [-0.4, -0.2) is 11.2 Å². The third-order valence-electron chi connectivity index (χ3n) is 3.02. The maximum Gasteiger partial charge on any atom is 0.0628 e. The number of hydrogen-bond acceptors (Lipinski definition) is 1. The highest BCUT2D eigenvalue weighted by Gasteiger charge is 2.30. The summed E-state index contributed by atoms with van der Waals surface area (Å²) in [6.45, 7) is 8.66. The molecule has 0 spiro atoms. The van der Waals surface area contributed by atoms with E-state index >= 15 is 0 Å². The topological polar surface area (TPSA) is 20.2 Å². The summed E-state index contributed by atoms with van der Waals surface area (Å²) >= 11 is 0. The minimum atomic E-state index is -0.119. The molecule has 1 nitrogen and oxygen atoms in total. The first-order chi connectivity index (χ1) is 6.00. The lowest BCUT2D eigenvalue weighted by molar-refractivity contribution is 0.0265. The zero-order chi connectivity index (χ0) is 10.0. The smallest absolute Gasteiger partial charge is 0.0628 e. The predicted octanol–water partition coefficient (Wildman–Crippen LogP) is 3.00. The van der Waals surface area contributed by atoms with Gasteiger partial charge in [-0.05, 0) is 38.5 Å². The summed E-state index contributed by atoms with van der Waals surface area (Å²) in [4.78, 5) is 0. The van der Waals surface area contributed by atoms with Gasteiger partial charge in [0.25, 0.3) is 0 Å². The molecule has 4 unspecified atom stereocenters. The average molecular weight is 182 g/mol. The van der Waals surface area contributed by atoms with Crippen molar-refractivity contribution >= 4 is 0 Å². The van der Waals surface area contributed by atoms with Crippen molar-refractivity contribution in [1.29, 1.82) is 0 Å². The molecule has 0 aliphatic heterocycles. The van der Waals surface area contributed by atoms with Gasteiger partial charge in [-0.25, -0.2) is 0 Å². The Kier molecular flexibility index (Phi) is 3.55. The van der Waals surface area contributed by atoms with Gasteiger partial charge < -0.3 is 5.11 Å². The Morgan fingerprint density at radius 3 is 2.38 bits per heavy atom. The van der Waals surface area contributed by atoms with Gasteiger partial charge in [-0.2, -0.15) is 0 Å². The van der Waals surface area contributed by atoms with Gasteiger partial charge in [0.05, 0.1) is 6.10 Å². The van der Waals surface area contributed by atoms with Gasteiger partial charge in [0, 0.05) is 5.92 Å². The van der Waals surface area contributed by atoms with Crippen LogP contribution in [0.25, 0.3) is 0 Å². The minimum Gasteiger partial charge on any atom is -0.392 e. The van der Waals surface area contributed by atoms with Crippen molar-refractivity contribution in [2.45, 2.75) is 46.6 Å². The predicted molar refractivity (Wildman–Crippen MR) is 56.5 cm³/mol. The Labute approximate surface area is 81.9 Å². The van der Waals surface area contributed by atoms with Crippen LogP contribution in [0.5, 0.6) is 0 Å². The molecule has 1 heteroatoms. The first-order valence-electron chi connectivity index (χ1n) is 5.33. The maximum absolute atomic E-state index is 9.96. The molecule has 0 radical (unpaired) electrons. The molecule has 0 saturated heterocycles. The Balaban J connectivity index is 2.66. The summed E-state index contributed by atoms with van der Waals surface area (Å²) in [5.74, 6) is 1.62. The molecule has 76 valence electrons. The Hall–Kier alpha value is -0.300. The lowest BCUT2D eigenvalue weighted by atomic mass is 9.74. The molecule has 13 heavy (non-hydrogen) atoms. The third-order valence-corrected chi connectivity index (χ3v) is 3.02. The highest BCUT2D eigenvalue weighted by molar-refractivity contribution is 5.02. The second kappa shape index (κ2) is 4.28. The zero-order valence-electron chi connectivity index (χ0n) is 9.25. The highest BCUT2D eigenvalue weighted by atomic mass is 16.3. The molecule has 1 saturated carbocycles. The largest absolute Gasteiger partial charge is 0.392 e. The second-order valence-corrected chi connectivity index (χ2v) is 4.95. The lowest BCUT2D eigenvalue weighted by Crippen LogP contribution is -2.34. The fourth-order valence-corrected chi connectivity index (χ4v) is 2.49. The van der Waals surface area contributed by atoms with Crippen molar-refractivity contribution in [3.63, 3.8) is 0 Å². The van der Waals surface area contributed by atoms with Crippen LogP contribution in [0.15, 0.2) is 11.6 Å². The van der Waals surface area contributed by atoms with Crippen molar-refractivity contribution < 1.29 is 5.11 Å². The van der Waals surface area contributed by atoms with Gasteiger partial charge in [-0.3, -0.25) is 0 Å². The highest BCUT2D eigenvalue weighted by Crippen LogP contribution is 2.34. The number of aliphatic hydroxyl groups is 1. The molecule has 0 aromatic heterocycles. The summed E-state index contributed by atoms with van der Waals surface area (Å²) in [6.07, 6.45) is 4.44. The van der Waals surface area contributed by atoms with Gasteiger partial charge in [-0.1, -0.05) is 25.5 Å². The quantitative estimate of drug-likeness (QED) is 0.618. The van der Waals surface area contributed by atoms with Crippen LogP contribution in [0.2, 0.25) is 0 Å². The van der Waals surface area contributed by atoms with Gasteiger partial charge >= 0.3 is 0 Å². The average Bonchev–Trinajstić information content (AvgIpc) is 1.98. The van der Waals surface area contributed by atoms with E-state index in [1.165, 1.54) is 12.0 Å². The Morgan fingerprint density at radius 2 is 1.85 bits per heavy atom. The summed E-state index contributed by atoms with van der Waals surface area (Å²) in [6, 6.07) is 0. The monoisotopic (exact) mass is 182 g/mol. The molecule has 0 heterocycles. The Morgan fingerprint density at radius 1 is 1.23 bits per heavy atom. The number of hydrogen-bond donors (Lipinski definition) is 1. The van der Waals surface area contributed by atoms with E-state index in [1.54, 1.807) is 0 Å². The SMILES string of the molecule is CC(C)=CC1CC(C)CC(C)C1O. The molecule has 4 atom stereocenters. The van der Waals surface area contributed by atoms with Crippen molar-refractivity contribution in [3.8, 4) is 0 Å². The first kappa shape index (κ1) is 10.8. The van der Waals surface area contributed by atoms with Crippen LogP contribution in [0.3, 0.4) is 0 Å². The zero-order valence-corrected chi connectivity index (χ0v) is 9.25. The van der Waals surface area contributed by atoms with E-state index in [9.17, 15) is 5.11 Å². The van der Waals surface area contributed by atoms with E-state index < -0.39 is 0 Å². The molecule has 0 aromatic rings. The van der Waals surface area contributed by atoms with Gasteiger partial charge in [0.15, 0.2) is 0 Å². The molecular weight excluding hydrogens is 160 g/mol. The summed E-state index contributed by atoms with van der Waals surface area (Å²) in [5, 5.41) is 9.96. The van der Waals surface area contributed by atoms with E-state index in [1.807, 2.05) is 0 Å². The van der Waals surface area contributed by atoms with Crippen molar-refractivity contribution in [1.82, 2.24) is 0 Å². The minimum absolute atomic E-state index is 0.119. The molecule has 1 fully saturated rings. The molecule has 1 aliphatic carbocycles. The normalized spacial score (nSPS) is 40.1. The summed E-state index contributed by atoms with van der Waals surface area (Å²) in [5.41, 5.74) is 1.32. The van der Waals surface area contributed by atoms with E-state index in [0.717, 1.165) is 12.3 Å². The molecule has 1 aliphatic rings. The number of allylic oxidation sites excluding steroid dienone is 1. The summed E-state index contributed by atoms with van der Waals surface area (Å²) < 4.78 is 0. The van der Waals surface area contributed by atoms with E-state index in [0.29, 0.717) is 11.8 Å². The van der Waals surface area contributed by atoms with Crippen LogP contribution in [-0.2, 0) is 0 Å². The molecule has 1 rings (SSSR count). The molecule has 0 bridgehead atoms. The van der Waals surface area contributed by atoms with Crippen molar-refractivity contribution in [2.24, 2.45) is 17.8 Å². The van der Waals surface area contributed by atoms with Gasteiger partial charge in [0.2, 0.25) is 0 Å². The third kappa shape index (κ3) is 2.84. The van der Waals surface area contributed by atoms with Gasteiger partial charge in [-0.15, -0.1) is 0 Å². The van der Waals surface area contributed by atoms with E-state index in [2.05, 4.69) is 33.8 Å².